The summed E-state index contributed by atoms with van der Waals surface area (Å²) in [6.45, 7) is 6.82. The number of para-hydroxylation sites is 3. The van der Waals surface area contributed by atoms with Crippen molar-refractivity contribution in [1.82, 2.24) is 4.57 Å². The average Bonchev–Trinajstić information content (AvgIpc) is 3.53. The highest BCUT2D eigenvalue weighted by Crippen LogP contribution is 2.53. The molecule has 2 aliphatic heterocycles. The maximum Gasteiger partial charge on any atom is 0.273 e. The van der Waals surface area contributed by atoms with Crippen LogP contribution in [0.1, 0.15) is 30.5 Å². The van der Waals surface area contributed by atoms with Crippen molar-refractivity contribution in [2.75, 3.05) is 9.80 Å². The quantitative estimate of drug-likeness (QED) is 0.179. The normalized spacial score (nSPS) is 14.8. The summed E-state index contributed by atoms with van der Waals surface area (Å²) in [6.07, 6.45) is 0. The highest BCUT2D eigenvalue weighted by Gasteiger charge is 2.49. The van der Waals surface area contributed by atoms with Gasteiger partial charge in [0.2, 0.25) is 0 Å². The molecule has 0 fully saturated rings. The first kappa shape index (κ1) is 27.6. The molecule has 3 heterocycles. The maximum atomic E-state index is 16.1. The molecule has 0 unspecified atom stereocenters. The van der Waals surface area contributed by atoms with Crippen LogP contribution in [0.15, 0.2) is 127 Å². The highest BCUT2D eigenvalue weighted by atomic mass is 19.1. The summed E-state index contributed by atoms with van der Waals surface area (Å²) in [7, 11) is 2.18. The fourth-order valence-corrected chi connectivity index (χ4v) is 9.11. The number of aryl methyl sites for hydroxylation is 2. The van der Waals surface area contributed by atoms with E-state index in [1.165, 1.54) is 50.0 Å². The molecule has 0 N–H and O–H groups in total. The van der Waals surface area contributed by atoms with Crippen LogP contribution in [0.2, 0.25) is 0 Å². The Bertz CT molecular complexity index is 2510. The summed E-state index contributed by atoms with van der Waals surface area (Å²) in [4.78, 5) is 4.64. The van der Waals surface area contributed by atoms with Crippen LogP contribution in [0.5, 0.6) is 0 Å². The molecular formula is C43H33BFN3. The summed E-state index contributed by atoms with van der Waals surface area (Å²) in [5, 5.41) is 1.12. The van der Waals surface area contributed by atoms with Gasteiger partial charge in [-0.1, -0.05) is 98.8 Å². The molecule has 0 spiro atoms. The third-order valence-electron chi connectivity index (χ3n) is 11.2. The smallest absolute Gasteiger partial charge is 0.273 e. The Morgan fingerprint density at radius 1 is 0.583 bits per heavy atom. The van der Waals surface area contributed by atoms with Crippen LogP contribution < -0.4 is 26.3 Å². The molecule has 0 bridgehead atoms. The molecule has 0 atom stereocenters. The van der Waals surface area contributed by atoms with Crippen LogP contribution in [0, 0.1) is 12.7 Å². The van der Waals surface area contributed by atoms with Crippen molar-refractivity contribution in [3.05, 3.63) is 150 Å². The van der Waals surface area contributed by atoms with Gasteiger partial charge in [-0.15, -0.1) is 0 Å². The minimum Gasteiger partial charge on any atom is -0.353 e. The molecule has 6 aromatic carbocycles. The lowest BCUT2D eigenvalue weighted by molar-refractivity contribution is 0.629. The maximum absolute atomic E-state index is 16.1. The molecule has 1 aromatic heterocycles. The topological polar surface area (TPSA) is 11.4 Å². The second-order valence-corrected chi connectivity index (χ2v) is 14.0. The van der Waals surface area contributed by atoms with Gasteiger partial charge in [0, 0.05) is 51.7 Å². The zero-order valence-corrected chi connectivity index (χ0v) is 27.4. The third kappa shape index (κ3) is 3.33. The van der Waals surface area contributed by atoms with Crippen molar-refractivity contribution in [1.29, 1.82) is 0 Å². The number of halogens is 1. The molecule has 10 rings (SSSR count). The van der Waals surface area contributed by atoms with E-state index >= 15 is 4.39 Å². The number of fused-ring (bicyclic) bond motifs is 10. The van der Waals surface area contributed by atoms with Gasteiger partial charge < -0.3 is 14.4 Å². The van der Waals surface area contributed by atoms with Gasteiger partial charge in [0.15, 0.2) is 0 Å². The number of rotatable bonds is 2. The zero-order valence-electron chi connectivity index (χ0n) is 27.4. The molecule has 0 saturated heterocycles. The second-order valence-electron chi connectivity index (χ2n) is 14.0. The first-order valence-corrected chi connectivity index (χ1v) is 16.8. The molecule has 7 aromatic rings. The van der Waals surface area contributed by atoms with Crippen molar-refractivity contribution in [3.63, 3.8) is 0 Å². The summed E-state index contributed by atoms with van der Waals surface area (Å²) in [5.74, 6) is -0.240. The molecule has 3 aliphatic rings. The predicted octanol–water partition coefficient (Wildman–Crippen LogP) is 9.01. The summed E-state index contributed by atoms with van der Waals surface area (Å²) in [6, 6.07) is 44.7. The summed E-state index contributed by atoms with van der Waals surface area (Å²) < 4.78 is 18.4. The van der Waals surface area contributed by atoms with E-state index < -0.39 is 0 Å². The lowest BCUT2D eigenvalue weighted by Crippen LogP contribution is -2.63. The lowest BCUT2D eigenvalue weighted by Gasteiger charge is -2.44. The largest absolute Gasteiger partial charge is 0.353 e. The SMILES string of the molecule is Cc1ccccc1N1c2cccc3c2B(c2c1ccc1c2-c2ccccc2C1(C)C)c1c(c2ccccc2n1C)N3c1ccccc1F. The number of benzene rings is 6. The van der Waals surface area contributed by atoms with E-state index in [4.69, 9.17) is 0 Å². The van der Waals surface area contributed by atoms with Gasteiger partial charge in [-0.2, -0.15) is 0 Å². The van der Waals surface area contributed by atoms with E-state index in [1.807, 2.05) is 12.1 Å². The van der Waals surface area contributed by atoms with Gasteiger partial charge in [0.25, 0.3) is 6.71 Å². The molecule has 5 heteroatoms. The fourth-order valence-electron chi connectivity index (χ4n) is 9.11. The number of hydrogen-bond acceptors (Lipinski definition) is 2. The van der Waals surface area contributed by atoms with Crippen LogP contribution in [-0.2, 0) is 12.5 Å². The lowest BCUT2D eigenvalue weighted by atomic mass is 9.34. The van der Waals surface area contributed by atoms with E-state index in [-0.39, 0.29) is 17.9 Å². The van der Waals surface area contributed by atoms with Crippen LogP contribution in [-0.4, -0.2) is 11.3 Å². The van der Waals surface area contributed by atoms with E-state index in [0.29, 0.717) is 5.69 Å². The Morgan fingerprint density at radius 3 is 2.04 bits per heavy atom. The minimum atomic E-state index is -0.240. The van der Waals surface area contributed by atoms with Gasteiger partial charge >= 0.3 is 0 Å². The molecular weight excluding hydrogens is 588 g/mol. The van der Waals surface area contributed by atoms with Crippen molar-refractivity contribution in [2.45, 2.75) is 26.2 Å². The van der Waals surface area contributed by atoms with E-state index in [1.54, 1.807) is 12.1 Å². The van der Waals surface area contributed by atoms with Gasteiger partial charge in [0.1, 0.15) is 5.82 Å². The first-order valence-electron chi connectivity index (χ1n) is 16.8. The second kappa shape index (κ2) is 9.51. The Balaban J connectivity index is 1.42. The molecule has 230 valence electrons. The third-order valence-corrected chi connectivity index (χ3v) is 11.2. The number of aromatic nitrogens is 1. The zero-order chi connectivity index (χ0) is 32.5. The van der Waals surface area contributed by atoms with Crippen molar-refractivity contribution >= 4 is 68.3 Å². The fraction of sp³-hybridized carbons (Fsp3) is 0.116. The first-order chi connectivity index (χ1) is 23.4. The number of nitrogens with zero attached hydrogens (tertiary/aromatic N) is 3. The summed E-state index contributed by atoms with van der Waals surface area (Å²) in [5.41, 5.74) is 17.3. The standard InChI is InChI=1S/C43H33BFN3/c1-26-14-5-10-19-32(26)47-35-22-13-23-36-39(35)44(40-37(47)25-24-30-38(40)27-15-6-8-17-29(27)43(30,2)3)42-41(28-16-7-11-20-33(28)46(42)4)48(36)34-21-12-9-18-31(34)45/h5-25H,1-4H3. The van der Waals surface area contributed by atoms with Gasteiger partial charge in [0.05, 0.1) is 11.4 Å². The molecule has 0 radical (unpaired) electrons. The Kier molecular flexibility index (Phi) is 5.46. The van der Waals surface area contributed by atoms with Gasteiger partial charge in [-0.3, -0.25) is 0 Å². The van der Waals surface area contributed by atoms with E-state index in [0.717, 1.165) is 33.7 Å². The monoisotopic (exact) mass is 621 g/mol. The molecule has 0 saturated carbocycles. The molecule has 48 heavy (non-hydrogen) atoms. The Morgan fingerprint density at radius 2 is 1.23 bits per heavy atom. The van der Waals surface area contributed by atoms with Crippen molar-refractivity contribution < 1.29 is 4.39 Å². The average molecular weight is 622 g/mol. The minimum absolute atomic E-state index is 0.0844. The Hall–Kier alpha value is -5.55. The van der Waals surface area contributed by atoms with Crippen LogP contribution in [0.25, 0.3) is 22.0 Å². The van der Waals surface area contributed by atoms with Crippen molar-refractivity contribution in [2.24, 2.45) is 7.05 Å². The van der Waals surface area contributed by atoms with Gasteiger partial charge in [-0.05, 0) is 88.1 Å². The highest BCUT2D eigenvalue weighted by molar-refractivity contribution is 7.01. The van der Waals surface area contributed by atoms with Crippen LogP contribution in [0.4, 0.5) is 38.5 Å². The summed E-state index contributed by atoms with van der Waals surface area (Å²) >= 11 is 0. The van der Waals surface area contributed by atoms with E-state index in [9.17, 15) is 0 Å². The molecule has 1 aliphatic carbocycles. The number of anilines is 6. The van der Waals surface area contributed by atoms with Crippen molar-refractivity contribution in [3.8, 4) is 11.1 Å². The van der Waals surface area contributed by atoms with Crippen LogP contribution in [0.3, 0.4) is 0 Å². The predicted molar refractivity (Wildman–Crippen MR) is 199 cm³/mol. The van der Waals surface area contributed by atoms with E-state index in [2.05, 4.69) is 145 Å². The van der Waals surface area contributed by atoms with Crippen LogP contribution >= 0.6 is 0 Å². The van der Waals surface area contributed by atoms with Gasteiger partial charge in [-0.25, -0.2) is 4.39 Å². The molecule has 0 amide bonds. The molecule has 3 nitrogen and oxygen atoms in total. The number of hydrogen-bond donors (Lipinski definition) is 0. The Labute approximate surface area is 280 Å².